The molecule has 5 heteroatoms. The van der Waals surface area contributed by atoms with Crippen molar-refractivity contribution in [1.29, 1.82) is 0 Å². The van der Waals surface area contributed by atoms with E-state index in [1.54, 1.807) is 0 Å². The fraction of sp³-hybridized carbons (Fsp3) is 0.615. The Bertz CT molecular complexity index is 1160. The van der Waals surface area contributed by atoms with Gasteiger partial charge in [-0.25, -0.2) is 0 Å². The van der Waals surface area contributed by atoms with Gasteiger partial charge in [0.2, 0.25) is 0 Å². The van der Waals surface area contributed by atoms with Crippen LogP contribution in [0.5, 0.6) is 0 Å². The van der Waals surface area contributed by atoms with Gasteiger partial charge in [0.05, 0.1) is 6.61 Å². The zero-order valence-corrected chi connectivity index (χ0v) is 36.6. The number of aliphatic hydroxyl groups is 1. The molecule has 1 N–H and O–H groups in total. The van der Waals surface area contributed by atoms with Gasteiger partial charge >= 0.3 is 11.9 Å². The molecule has 0 aromatic heterocycles. The summed E-state index contributed by atoms with van der Waals surface area (Å²) in [5.41, 5.74) is 0. The number of allylic oxidation sites excluding steroid dienone is 18. The lowest BCUT2D eigenvalue weighted by atomic mass is 10.1. The maximum absolute atomic E-state index is 12.2. The van der Waals surface area contributed by atoms with Crippen LogP contribution in [-0.4, -0.2) is 36.4 Å². The van der Waals surface area contributed by atoms with E-state index in [-0.39, 0.29) is 25.2 Å². The Labute approximate surface area is 350 Å². The van der Waals surface area contributed by atoms with Crippen molar-refractivity contribution in [2.24, 2.45) is 0 Å². The van der Waals surface area contributed by atoms with Crippen LogP contribution < -0.4 is 0 Å². The van der Waals surface area contributed by atoms with Crippen LogP contribution in [0.25, 0.3) is 0 Å². The Kier molecular flexibility index (Phi) is 44.1. The molecule has 0 heterocycles. The summed E-state index contributed by atoms with van der Waals surface area (Å²) in [6, 6.07) is 0. The fourth-order valence-corrected chi connectivity index (χ4v) is 5.86. The number of carbonyl (C=O) groups excluding carboxylic acids is 2. The van der Waals surface area contributed by atoms with E-state index in [2.05, 4.69) is 123 Å². The van der Waals surface area contributed by atoms with Gasteiger partial charge in [0.1, 0.15) is 6.61 Å². The summed E-state index contributed by atoms with van der Waals surface area (Å²) in [5.74, 6) is -0.660. The van der Waals surface area contributed by atoms with Crippen LogP contribution in [0.3, 0.4) is 0 Å². The standard InChI is InChI=1S/C52H84O5/c1-3-5-7-9-11-13-15-17-19-21-22-23-24-25-26-27-28-29-30-31-33-35-37-39-41-43-45-47-52(55)57-50(48-53)49-56-51(54)46-44-42-40-38-36-34-32-20-18-16-14-12-10-8-6-4-2/h5,7,11,13,17,19-20,22-23,25-26,28-29,31-33,37,39,50,53H,3-4,6,8-10,12,14-16,18,21,24,27,30,34-36,38,40-49H2,1-2H3/b7-5-,13-11-,19-17-,23-22-,26-25-,29-28-,32-20-,33-31-,39-37-. The van der Waals surface area contributed by atoms with Crippen LogP contribution in [0.1, 0.15) is 187 Å². The largest absolute Gasteiger partial charge is 0.462 e. The number of esters is 2. The first-order chi connectivity index (χ1) is 28.1. The van der Waals surface area contributed by atoms with E-state index in [0.717, 1.165) is 96.3 Å². The summed E-state index contributed by atoms with van der Waals surface area (Å²) in [4.78, 5) is 24.3. The topological polar surface area (TPSA) is 72.8 Å². The Morgan fingerprint density at radius 2 is 0.754 bits per heavy atom. The molecular weight excluding hydrogens is 705 g/mol. The van der Waals surface area contributed by atoms with Gasteiger partial charge in [0, 0.05) is 12.8 Å². The molecule has 0 fully saturated rings. The molecule has 0 aliphatic carbocycles. The SMILES string of the molecule is CC/C=C\C/C=C\C/C=C\C/C=C\C/C=C\C/C=C\C/C=C\C/C=C\CCCCC(=O)OC(CO)COC(=O)CCCCCCC/C=C\CCCCCCCCC. The molecule has 0 saturated heterocycles. The number of rotatable bonds is 40. The highest BCUT2D eigenvalue weighted by molar-refractivity contribution is 5.70. The summed E-state index contributed by atoms with van der Waals surface area (Å²) >= 11 is 0. The lowest BCUT2D eigenvalue weighted by Crippen LogP contribution is -2.28. The second-order valence-electron chi connectivity index (χ2n) is 14.7. The van der Waals surface area contributed by atoms with Gasteiger partial charge in [-0.2, -0.15) is 0 Å². The third-order valence-electron chi connectivity index (χ3n) is 9.30. The Morgan fingerprint density at radius 1 is 0.421 bits per heavy atom. The van der Waals surface area contributed by atoms with Crippen molar-refractivity contribution in [3.8, 4) is 0 Å². The fourth-order valence-electron chi connectivity index (χ4n) is 5.86. The van der Waals surface area contributed by atoms with Crippen molar-refractivity contribution in [3.63, 3.8) is 0 Å². The Balaban J connectivity index is 3.71. The number of hydrogen-bond acceptors (Lipinski definition) is 5. The number of unbranched alkanes of at least 4 members (excludes halogenated alkanes) is 14. The van der Waals surface area contributed by atoms with Crippen molar-refractivity contribution in [2.75, 3.05) is 13.2 Å². The average Bonchev–Trinajstić information content (AvgIpc) is 3.21. The van der Waals surface area contributed by atoms with Crippen LogP contribution in [0.15, 0.2) is 109 Å². The van der Waals surface area contributed by atoms with E-state index in [1.807, 2.05) is 0 Å². The molecule has 0 amide bonds. The van der Waals surface area contributed by atoms with Gasteiger partial charge in [-0.15, -0.1) is 0 Å². The lowest BCUT2D eigenvalue weighted by Gasteiger charge is -2.15. The summed E-state index contributed by atoms with van der Waals surface area (Å²) in [6.07, 6.45) is 67.3. The Hall–Kier alpha value is -3.44. The zero-order chi connectivity index (χ0) is 41.4. The van der Waals surface area contributed by atoms with Crippen molar-refractivity contribution >= 4 is 11.9 Å². The molecular formula is C52H84O5. The number of aliphatic hydroxyl groups excluding tert-OH is 1. The first-order valence-corrected chi connectivity index (χ1v) is 22.9. The highest BCUT2D eigenvalue weighted by atomic mass is 16.6. The van der Waals surface area contributed by atoms with Gasteiger partial charge in [0.15, 0.2) is 6.10 Å². The van der Waals surface area contributed by atoms with Crippen molar-refractivity contribution in [3.05, 3.63) is 109 Å². The highest BCUT2D eigenvalue weighted by Crippen LogP contribution is 2.12. The van der Waals surface area contributed by atoms with Crippen LogP contribution in [-0.2, 0) is 19.1 Å². The van der Waals surface area contributed by atoms with E-state index in [0.29, 0.717) is 12.8 Å². The number of carbonyl (C=O) groups is 2. The first-order valence-electron chi connectivity index (χ1n) is 22.9. The molecule has 0 aromatic carbocycles. The van der Waals surface area contributed by atoms with Crippen molar-refractivity contribution < 1.29 is 24.2 Å². The van der Waals surface area contributed by atoms with Crippen molar-refractivity contribution in [2.45, 2.75) is 193 Å². The maximum atomic E-state index is 12.2. The molecule has 5 nitrogen and oxygen atoms in total. The van der Waals surface area contributed by atoms with Crippen LogP contribution in [0.4, 0.5) is 0 Å². The number of ether oxygens (including phenoxy) is 2. The smallest absolute Gasteiger partial charge is 0.306 e. The molecule has 0 radical (unpaired) electrons. The molecule has 0 saturated carbocycles. The number of hydrogen-bond donors (Lipinski definition) is 1. The van der Waals surface area contributed by atoms with E-state index >= 15 is 0 Å². The monoisotopic (exact) mass is 789 g/mol. The first kappa shape index (κ1) is 53.6. The lowest BCUT2D eigenvalue weighted by molar-refractivity contribution is -0.161. The average molecular weight is 789 g/mol. The second kappa shape index (κ2) is 46.9. The summed E-state index contributed by atoms with van der Waals surface area (Å²) in [7, 11) is 0. The predicted molar refractivity (Wildman–Crippen MR) is 246 cm³/mol. The normalized spacial score (nSPS) is 13.2. The van der Waals surface area contributed by atoms with E-state index in [9.17, 15) is 14.7 Å². The molecule has 0 rings (SSSR count). The molecule has 1 unspecified atom stereocenters. The molecule has 0 aromatic rings. The Morgan fingerprint density at radius 3 is 1.19 bits per heavy atom. The molecule has 1 atom stereocenters. The van der Waals surface area contributed by atoms with E-state index in [4.69, 9.17) is 9.47 Å². The molecule has 0 spiro atoms. The molecule has 322 valence electrons. The molecule has 0 aliphatic heterocycles. The highest BCUT2D eigenvalue weighted by Gasteiger charge is 2.16. The minimum atomic E-state index is -0.806. The van der Waals surface area contributed by atoms with E-state index in [1.165, 1.54) is 64.2 Å². The van der Waals surface area contributed by atoms with Gasteiger partial charge < -0.3 is 14.6 Å². The van der Waals surface area contributed by atoms with Gasteiger partial charge in [-0.3, -0.25) is 9.59 Å². The zero-order valence-electron chi connectivity index (χ0n) is 36.6. The summed E-state index contributed by atoms with van der Waals surface area (Å²) < 4.78 is 10.6. The molecule has 0 aliphatic rings. The second-order valence-corrected chi connectivity index (χ2v) is 14.7. The van der Waals surface area contributed by atoms with Crippen LogP contribution in [0.2, 0.25) is 0 Å². The van der Waals surface area contributed by atoms with Gasteiger partial charge in [-0.05, 0) is 103 Å². The maximum Gasteiger partial charge on any atom is 0.306 e. The van der Waals surface area contributed by atoms with Crippen molar-refractivity contribution in [1.82, 2.24) is 0 Å². The minimum Gasteiger partial charge on any atom is -0.462 e. The summed E-state index contributed by atoms with van der Waals surface area (Å²) in [6.45, 7) is 3.97. The quantitative estimate of drug-likeness (QED) is 0.0380. The molecule has 57 heavy (non-hydrogen) atoms. The van der Waals surface area contributed by atoms with Crippen LogP contribution in [0, 0.1) is 0 Å². The summed E-state index contributed by atoms with van der Waals surface area (Å²) in [5, 5.41) is 9.59. The van der Waals surface area contributed by atoms with E-state index < -0.39 is 6.10 Å². The predicted octanol–water partition coefficient (Wildman–Crippen LogP) is 15.0. The minimum absolute atomic E-state index is 0.0946. The molecule has 0 bridgehead atoms. The van der Waals surface area contributed by atoms with Crippen LogP contribution >= 0.6 is 0 Å². The third kappa shape index (κ3) is 45.1. The third-order valence-corrected chi connectivity index (χ3v) is 9.30. The van der Waals surface area contributed by atoms with Gasteiger partial charge in [0.25, 0.3) is 0 Å². The van der Waals surface area contributed by atoms with Gasteiger partial charge in [-0.1, -0.05) is 181 Å².